The van der Waals surface area contributed by atoms with Gasteiger partial charge in [-0.3, -0.25) is 4.79 Å². The molecule has 2 aromatic carbocycles. The molecule has 24 heavy (non-hydrogen) atoms. The number of epoxide rings is 1. The maximum atomic E-state index is 13.1. The van der Waals surface area contributed by atoms with Crippen LogP contribution in [0.3, 0.4) is 0 Å². The molecule has 1 saturated heterocycles. The number of rotatable bonds is 6. The predicted molar refractivity (Wildman–Crippen MR) is 88.3 cm³/mol. The van der Waals surface area contributed by atoms with Crippen molar-refractivity contribution in [1.82, 2.24) is 5.32 Å². The summed E-state index contributed by atoms with van der Waals surface area (Å²) < 4.78 is 23.5. The smallest absolute Gasteiger partial charge is 0.252 e. The van der Waals surface area contributed by atoms with Crippen molar-refractivity contribution in [3.63, 3.8) is 0 Å². The zero-order valence-corrected chi connectivity index (χ0v) is 13.7. The number of carbonyl (C=O) groups excluding carboxylic acids is 1. The molecule has 0 bridgehead atoms. The molecule has 0 saturated carbocycles. The van der Waals surface area contributed by atoms with Gasteiger partial charge in [-0.25, -0.2) is 4.39 Å². The third-order valence-electron chi connectivity index (χ3n) is 4.16. The van der Waals surface area contributed by atoms with Crippen molar-refractivity contribution in [2.24, 2.45) is 0 Å². The average Bonchev–Trinajstić information content (AvgIpc) is 3.33. The first-order valence-electron chi connectivity index (χ1n) is 7.91. The number of nitrogens with one attached hydrogen (secondary N) is 1. The SMILES string of the molecule is COc1ccc(C(Cc2ccc(F)cc2)NC(=O)[C@@H]2O[C@H]2C)cc1. The van der Waals surface area contributed by atoms with Crippen LogP contribution < -0.4 is 10.1 Å². The Morgan fingerprint density at radius 3 is 2.38 bits per heavy atom. The summed E-state index contributed by atoms with van der Waals surface area (Å²) in [4.78, 5) is 12.2. The molecule has 0 aromatic heterocycles. The van der Waals surface area contributed by atoms with E-state index in [-0.39, 0.29) is 30.0 Å². The van der Waals surface area contributed by atoms with Gasteiger partial charge in [0.05, 0.1) is 19.3 Å². The molecule has 5 heteroatoms. The lowest BCUT2D eigenvalue weighted by Gasteiger charge is -2.19. The van der Waals surface area contributed by atoms with Crippen molar-refractivity contribution >= 4 is 5.91 Å². The Bertz CT molecular complexity index is 700. The molecular formula is C19H20FNO3. The Balaban J connectivity index is 1.78. The van der Waals surface area contributed by atoms with E-state index in [1.807, 2.05) is 31.2 Å². The van der Waals surface area contributed by atoms with E-state index in [0.29, 0.717) is 6.42 Å². The van der Waals surface area contributed by atoms with Crippen molar-refractivity contribution < 1.29 is 18.7 Å². The minimum Gasteiger partial charge on any atom is -0.497 e. The topological polar surface area (TPSA) is 50.9 Å². The fraction of sp³-hybridized carbons (Fsp3) is 0.316. The molecule has 1 N–H and O–H groups in total. The Kier molecular flexibility index (Phi) is 4.81. The van der Waals surface area contributed by atoms with Crippen LogP contribution in [0.4, 0.5) is 4.39 Å². The number of methoxy groups -OCH3 is 1. The normalized spacial score (nSPS) is 20.3. The van der Waals surface area contributed by atoms with Gasteiger partial charge in [0.25, 0.3) is 5.91 Å². The molecule has 126 valence electrons. The van der Waals surface area contributed by atoms with Crippen molar-refractivity contribution in [1.29, 1.82) is 0 Å². The lowest BCUT2D eigenvalue weighted by molar-refractivity contribution is -0.123. The fourth-order valence-electron chi connectivity index (χ4n) is 2.66. The molecular weight excluding hydrogens is 309 g/mol. The van der Waals surface area contributed by atoms with Crippen LogP contribution in [0.2, 0.25) is 0 Å². The van der Waals surface area contributed by atoms with Crippen molar-refractivity contribution in [2.45, 2.75) is 31.6 Å². The molecule has 3 atom stereocenters. The maximum Gasteiger partial charge on any atom is 0.252 e. The minimum absolute atomic E-state index is 0.0349. The lowest BCUT2D eigenvalue weighted by Crippen LogP contribution is -2.33. The fourth-order valence-corrected chi connectivity index (χ4v) is 2.66. The quantitative estimate of drug-likeness (QED) is 0.829. The Hall–Kier alpha value is -2.40. The van der Waals surface area contributed by atoms with Crippen LogP contribution >= 0.6 is 0 Å². The average molecular weight is 329 g/mol. The molecule has 1 fully saturated rings. The summed E-state index contributed by atoms with van der Waals surface area (Å²) in [6, 6.07) is 13.6. The minimum atomic E-state index is -0.376. The van der Waals surface area contributed by atoms with Crippen LogP contribution in [0.5, 0.6) is 5.75 Å². The highest BCUT2D eigenvalue weighted by atomic mass is 19.1. The van der Waals surface area contributed by atoms with E-state index in [0.717, 1.165) is 16.9 Å². The standard InChI is InChI=1S/C19H20FNO3/c1-12-18(24-12)19(22)21-17(11-13-3-7-15(20)8-4-13)14-5-9-16(23-2)10-6-14/h3-10,12,17-18H,11H2,1-2H3,(H,21,22)/t12-,17?,18+/m0/s1. The molecule has 1 unspecified atom stereocenters. The number of amides is 1. The highest BCUT2D eigenvalue weighted by Crippen LogP contribution is 2.25. The van der Waals surface area contributed by atoms with Gasteiger partial charge in [0.15, 0.2) is 6.10 Å². The second-order valence-corrected chi connectivity index (χ2v) is 5.93. The summed E-state index contributed by atoms with van der Waals surface area (Å²) >= 11 is 0. The van der Waals surface area contributed by atoms with E-state index in [2.05, 4.69) is 5.32 Å². The highest BCUT2D eigenvalue weighted by molar-refractivity contribution is 5.84. The molecule has 1 aliphatic heterocycles. The number of carbonyl (C=O) groups is 1. The lowest BCUT2D eigenvalue weighted by atomic mass is 9.98. The van der Waals surface area contributed by atoms with E-state index < -0.39 is 0 Å². The number of benzene rings is 2. The third-order valence-corrected chi connectivity index (χ3v) is 4.16. The van der Waals surface area contributed by atoms with E-state index in [1.165, 1.54) is 12.1 Å². The van der Waals surface area contributed by atoms with E-state index in [1.54, 1.807) is 19.2 Å². The Morgan fingerprint density at radius 2 is 1.83 bits per heavy atom. The van der Waals surface area contributed by atoms with Crippen LogP contribution in [0.15, 0.2) is 48.5 Å². The van der Waals surface area contributed by atoms with Crippen LogP contribution in [-0.2, 0) is 16.0 Å². The van der Waals surface area contributed by atoms with Crippen LogP contribution in [0.1, 0.15) is 24.1 Å². The van der Waals surface area contributed by atoms with E-state index >= 15 is 0 Å². The first-order chi connectivity index (χ1) is 11.6. The molecule has 0 aliphatic carbocycles. The van der Waals surface area contributed by atoms with Gasteiger partial charge in [-0.05, 0) is 48.7 Å². The van der Waals surface area contributed by atoms with Gasteiger partial charge < -0.3 is 14.8 Å². The summed E-state index contributed by atoms with van der Waals surface area (Å²) in [6.45, 7) is 1.87. The second-order valence-electron chi connectivity index (χ2n) is 5.93. The first kappa shape index (κ1) is 16.5. The second kappa shape index (κ2) is 7.01. The molecule has 0 spiro atoms. The highest BCUT2D eigenvalue weighted by Gasteiger charge is 2.41. The first-order valence-corrected chi connectivity index (χ1v) is 7.91. The van der Waals surface area contributed by atoms with Crippen molar-refractivity contribution in [2.75, 3.05) is 7.11 Å². The number of hydrogen-bond acceptors (Lipinski definition) is 3. The van der Waals surface area contributed by atoms with Crippen LogP contribution in [0.25, 0.3) is 0 Å². The van der Waals surface area contributed by atoms with E-state index in [4.69, 9.17) is 9.47 Å². The van der Waals surface area contributed by atoms with Gasteiger partial charge in [-0.15, -0.1) is 0 Å². The molecule has 1 aliphatic rings. The van der Waals surface area contributed by atoms with Crippen LogP contribution in [-0.4, -0.2) is 25.2 Å². The van der Waals surface area contributed by atoms with Gasteiger partial charge in [0.2, 0.25) is 0 Å². The largest absolute Gasteiger partial charge is 0.497 e. The summed E-state index contributed by atoms with van der Waals surface area (Å²) in [7, 11) is 1.61. The molecule has 2 aromatic rings. The maximum absolute atomic E-state index is 13.1. The van der Waals surface area contributed by atoms with Gasteiger partial charge >= 0.3 is 0 Å². The predicted octanol–water partition coefficient (Wildman–Crippen LogP) is 3.02. The zero-order valence-electron chi connectivity index (χ0n) is 13.7. The van der Waals surface area contributed by atoms with Crippen molar-refractivity contribution in [3.05, 3.63) is 65.5 Å². The molecule has 4 nitrogen and oxygen atoms in total. The number of halogens is 1. The third kappa shape index (κ3) is 3.92. The summed E-state index contributed by atoms with van der Waals surface area (Å²) in [5.41, 5.74) is 1.91. The summed E-state index contributed by atoms with van der Waals surface area (Å²) in [5, 5.41) is 3.03. The van der Waals surface area contributed by atoms with Gasteiger partial charge in [0, 0.05) is 0 Å². The Morgan fingerprint density at radius 1 is 1.21 bits per heavy atom. The van der Waals surface area contributed by atoms with E-state index in [9.17, 15) is 9.18 Å². The Labute approximate surface area is 140 Å². The zero-order chi connectivity index (χ0) is 17.1. The molecule has 1 amide bonds. The molecule has 1 heterocycles. The van der Waals surface area contributed by atoms with Crippen LogP contribution in [0, 0.1) is 5.82 Å². The summed E-state index contributed by atoms with van der Waals surface area (Å²) in [6.07, 6.45) is 0.158. The molecule has 3 rings (SSSR count). The van der Waals surface area contributed by atoms with Gasteiger partial charge in [0.1, 0.15) is 11.6 Å². The monoisotopic (exact) mass is 329 g/mol. The molecule has 0 radical (unpaired) electrons. The van der Waals surface area contributed by atoms with Gasteiger partial charge in [-0.1, -0.05) is 24.3 Å². The van der Waals surface area contributed by atoms with Gasteiger partial charge in [-0.2, -0.15) is 0 Å². The summed E-state index contributed by atoms with van der Waals surface area (Å²) in [5.74, 6) is 0.360. The number of hydrogen-bond donors (Lipinski definition) is 1. The number of ether oxygens (including phenoxy) is 2. The van der Waals surface area contributed by atoms with Crippen molar-refractivity contribution in [3.8, 4) is 5.75 Å².